The van der Waals surface area contributed by atoms with E-state index in [4.69, 9.17) is 11.6 Å². The Bertz CT molecular complexity index is 505. The summed E-state index contributed by atoms with van der Waals surface area (Å²) in [5, 5.41) is 5.26. The first kappa shape index (κ1) is 10.8. The van der Waals surface area contributed by atoms with Gasteiger partial charge in [-0.1, -0.05) is 29.8 Å². The van der Waals surface area contributed by atoms with Gasteiger partial charge in [-0.3, -0.25) is 5.43 Å². The SMILES string of the molecule is Cc1ccc(N/N=C2\CC3C=CCC23)cc1Cl. The average Bonchev–Trinajstić information content (AvgIpc) is 2.66. The number of benzene rings is 1. The van der Waals surface area contributed by atoms with Gasteiger partial charge in [-0.25, -0.2) is 0 Å². The molecule has 88 valence electrons. The lowest BCUT2D eigenvalue weighted by molar-refractivity contribution is 0.466. The van der Waals surface area contributed by atoms with Crippen LogP contribution in [0.25, 0.3) is 0 Å². The quantitative estimate of drug-likeness (QED) is 0.619. The molecule has 3 rings (SSSR count). The maximum absolute atomic E-state index is 6.07. The Labute approximate surface area is 106 Å². The van der Waals surface area contributed by atoms with E-state index in [1.165, 1.54) is 5.71 Å². The molecule has 0 bridgehead atoms. The third kappa shape index (κ3) is 1.98. The van der Waals surface area contributed by atoms with Crippen LogP contribution >= 0.6 is 11.6 Å². The number of hydrazone groups is 1. The van der Waals surface area contributed by atoms with Crippen molar-refractivity contribution in [2.45, 2.75) is 19.8 Å². The first-order valence-electron chi connectivity index (χ1n) is 5.99. The van der Waals surface area contributed by atoms with E-state index in [0.29, 0.717) is 5.92 Å². The lowest BCUT2D eigenvalue weighted by atomic mass is 9.74. The van der Waals surface area contributed by atoms with Crippen molar-refractivity contribution in [1.29, 1.82) is 0 Å². The van der Waals surface area contributed by atoms with Gasteiger partial charge in [0, 0.05) is 16.7 Å². The molecule has 1 aromatic carbocycles. The van der Waals surface area contributed by atoms with Crippen LogP contribution in [0.3, 0.4) is 0 Å². The second-order valence-corrected chi connectivity index (χ2v) is 5.22. The molecule has 2 nitrogen and oxygen atoms in total. The van der Waals surface area contributed by atoms with E-state index in [-0.39, 0.29) is 0 Å². The number of fused-ring (bicyclic) bond motifs is 1. The second kappa shape index (κ2) is 4.19. The summed E-state index contributed by atoms with van der Waals surface area (Å²) in [5.74, 6) is 1.40. The van der Waals surface area contributed by atoms with Gasteiger partial charge in [0.2, 0.25) is 0 Å². The van der Waals surface area contributed by atoms with Gasteiger partial charge in [-0.15, -0.1) is 0 Å². The van der Waals surface area contributed by atoms with Crippen molar-refractivity contribution < 1.29 is 0 Å². The topological polar surface area (TPSA) is 24.4 Å². The van der Waals surface area contributed by atoms with E-state index in [2.05, 4.69) is 22.7 Å². The summed E-state index contributed by atoms with van der Waals surface area (Å²) in [5.41, 5.74) is 6.44. The van der Waals surface area contributed by atoms with Crippen LogP contribution in [0.5, 0.6) is 0 Å². The van der Waals surface area contributed by atoms with Crippen LogP contribution < -0.4 is 5.43 Å². The van der Waals surface area contributed by atoms with Gasteiger partial charge in [0.25, 0.3) is 0 Å². The maximum atomic E-state index is 6.07. The molecule has 0 aromatic heterocycles. The van der Waals surface area contributed by atoms with Crippen LogP contribution in [0.2, 0.25) is 5.02 Å². The molecule has 1 saturated carbocycles. The van der Waals surface area contributed by atoms with E-state index in [0.717, 1.165) is 35.0 Å². The molecule has 2 unspecified atom stereocenters. The number of halogens is 1. The van der Waals surface area contributed by atoms with Gasteiger partial charge in [0.1, 0.15) is 0 Å². The number of rotatable bonds is 2. The lowest BCUT2D eigenvalue weighted by Crippen LogP contribution is -2.33. The van der Waals surface area contributed by atoms with Gasteiger partial charge in [0.05, 0.1) is 5.69 Å². The second-order valence-electron chi connectivity index (χ2n) is 4.82. The zero-order chi connectivity index (χ0) is 11.8. The number of hydrogen-bond donors (Lipinski definition) is 1. The number of anilines is 1. The Morgan fingerprint density at radius 1 is 1.41 bits per heavy atom. The Balaban J connectivity index is 1.68. The van der Waals surface area contributed by atoms with Crippen molar-refractivity contribution in [3.05, 3.63) is 40.9 Å². The van der Waals surface area contributed by atoms with Gasteiger partial charge in [-0.05, 0) is 43.4 Å². The highest BCUT2D eigenvalue weighted by molar-refractivity contribution is 6.31. The van der Waals surface area contributed by atoms with E-state index >= 15 is 0 Å². The average molecular weight is 247 g/mol. The molecule has 0 saturated heterocycles. The third-order valence-electron chi connectivity index (χ3n) is 3.66. The minimum absolute atomic E-state index is 0.656. The van der Waals surface area contributed by atoms with Crippen LogP contribution in [0.1, 0.15) is 18.4 Å². The summed E-state index contributed by atoms with van der Waals surface area (Å²) in [6.07, 6.45) is 6.83. The van der Waals surface area contributed by atoms with E-state index in [9.17, 15) is 0 Å². The molecule has 1 fully saturated rings. The number of hydrogen-bond acceptors (Lipinski definition) is 2. The highest BCUT2D eigenvalue weighted by Crippen LogP contribution is 2.40. The Hall–Kier alpha value is -1.28. The summed E-state index contributed by atoms with van der Waals surface area (Å²) in [4.78, 5) is 0. The summed E-state index contributed by atoms with van der Waals surface area (Å²) in [7, 11) is 0. The molecule has 0 heterocycles. The normalized spacial score (nSPS) is 28.0. The van der Waals surface area contributed by atoms with E-state index < -0.39 is 0 Å². The molecular formula is C14H15ClN2. The van der Waals surface area contributed by atoms with Crippen LogP contribution in [-0.4, -0.2) is 5.71 Å². The number of allylic oxidation sites excluding steroid dienone is 2. The fourth-order valence-electron chi connectivity index (χ4n) is 2.46. The van der Waals surface area contributed by atoms with Crippen LogP contribution in [0, 0.1) is 18.8 Å². The number of aryl methyl sites for hydroxylation is 1. The van der Waals surface area contributed by atoms with Crippen LogP contribution in [-0.2, 0) is 0 Å². The summed E-state index contributed by atoms with van der Waals surface area (Å²) >= 11 is 6.07. The summed E-state index contributed by atoms with van der Waals surface area (Å²) in [6.45, 7) is 2.00. The predicted octanol–water partition coefficient (Wildman–Crippen LogP) is 4.01. The van der Waals surface area contributed by atoms with Crippen molar-refractivity contribution in [1.82, 2.24) is 0 Å². The molecule has 2 aliphatic rings. The van der Waals surface area contributed by atoms with Gasteiger partial charge in [0.15, 0.2) is 0 Å². The van der Waals surface area contributed by atoms with Gasteiger partial charge >= 0.3 is 0 Å². The molecule has 0 radical (unpaired) electrons. The monoisotopic (exact) mass is 246 g/mol. The fourth-order valence-corrected chi connectivity index (χ4v) is 2.64. The molecule has 1 aromatic rings. The van der Waals surface area contributed by atoms with Gasteiger partial charge in [-0.2, -0.15) is 5.10 Å². The smallest absolute Gasteiger partial charge is 0.0576 e. The summed E-state index contributed by atoms with van der Waals surface area (Å²) < 4.78 is 0. The van der Waals surface area contributed by atoms with Crippen molar-refractivity contribution in [2.24, 2.45) is 16.9 Å². The molecule has 17 heavy (non-hydrogen) atoms. The van der Waals surface area contributed by atoms with Crippen molar-refractivity contribution in [3.8, 4) is 0 Å². The molecule has 0 aliphatic heterocycles. The predicted molar refractivity (Wildman–Crippen MR) is 72.6 cm³/mol. The first-order valence-corrected chi connectivity index (χ1v) is 6.37. The number of nitrogens with one attached hydrogen (secondary N) is 1. The molecular weight excluding hydrogens is 232 g/mol. The summed E-state index contributed by atoms with van der Waals surface area (Å²) in [6, 6.07) is 5.93. The highest BCUT2D eigenvalue weighted by Gasteiger charge is 2.37. The van der Waals surface area contributed by atoms with Crippen molar-refractivity contribution >= 4 is 23.0 Å². The fraction of sp³-hybridized carbons (Fsp3) is 0.357. The molecule has 0 spiro atoms. The minimum atomic E-state index is 0.656. The molecule has 2 atom stereocenters. The minimum Gasteiger partial charge on any atom is -0.279 e. The number of nitrogens with zero attached hydrogens (tertiary/aromatic N) is 1. The van der Waals surface area contributed by atoms with E-state index in [1.54, 1.807) is 0 Å². The van der Waals surface area contributed by atoms with E-state index in [1.807, 2.05) is 25.1 Å². The van der Waals surface area contributed by atoms with Gasteiger partial charge < -0.3 is 0 Å². The Morgan fingerprint density at radius 3 is 3.06 bits per heavy atom. The Kier molecular flexibility index (Phi) is 2.67. The van der Waals surface area contributed by atoms with Crippen molar-refractivity contribution in [2.75, 3.05) is 5.43 Å². The molecule has 0 amide bonds. The maximum Gasteiger partial charge on any atom is 0.0576 e. The first-order chi connectivity index (χ1) is 8.24. The van der Waals surface area contributed by atoms with Crippen LogP contribution in [0.4, 0.5) is 5.69 Å². The highest BCUT2D eigenvalue weighted by atomic mass is 35.5. The zero-order valence-corrected chi connectivity index (χ0v) is 10.5. The van der Waals surface area contributed by atoms with Crippen LogP contribution in [0.15, 0.2) is 35.5 Å². The molecule has 1 N–H and O–H groups in total. The Morgan fingerprint density at radius 2 is 2.29 bits per heavy atom. The zero-order valence-electron chi connectivity index (χ0n) is 9.78. The van der Waals surface area contributed by atoms with Crippen molar-refractivity contribution in [3.63, 3.8) is 0 Å². The third-order valence-corrected chi connectivity index (χ3v) is 4.07. The molecule has 3 heteroatoms. The lowest BCUT2D eigenvalue weighted by Gasteiger charge is -2.31. The largest absolute Gasteiger partial charge is 0.279 e. The standard InChI is InChI=1S/C14H15ClN2/c1-9-5-6-11(8-13(9)15)16-17-14-7-10-3-2-4-12(10)14/h2-3,5-6,8,10,12,16H,4,7H2,1H3/b17-14+. The molecule has 2 aliphatic carbocycles.